The van der Waals surface area contributed by atoms with Crippen molar-refractivity contribution < 1.29 is 26.5 Å². The Hall–Kier alpha value is -2.63. The quantitative estimate of drug-likeness (QED) is 0.598. The van der Waals surface area contributed by atoms with E-state index >= 15 is 0 Å². The molecule has 2 aromatic rings. The molecule has 1 heterocycles. The first-order chi connectivity index (χ1) is 12.0. The fourth-order valence-electron chi connectivity index (χ4n) is 2.33. The zero-order valence-corrected chi connectivity index (χ0v) is 14.6. The number of aromatic nitrogens is 2. The highest BCUT2D eigenvalue weighted by Gasteiger charge is 2.47. The summed E-state index contributed by atoms with van der Waals surface area (Å²) in [5.41, 5.74) is -4.88. The van der Waals surface area contributed by atoms with E-state index < -0.39 is 30.9 Å². The van der Waals surface area contributed by atoms with E-state index in [1.54, 1.807) is 17.9 Å². The van der Waals surface area contributed by atoms with Crippen LogP contribution in [0.25, 0.3) is 0 Å². The van der Waals surface area contributed by atoms with Crippen LogP contribution in [0, 0.1) is 10.1 Å². The maximum Gasteiger partial charge on any atom is 0.501 e. The molecule has 0 amide bonds. The Labute approximate surface area is 146 Å². The lowest BCUT2D eigenvalue weighted by molar-refractivity contribution is -0.384. The van der Waals surface area contributed by atoms with Crippen LogP contribution in [0.3, 0.4) is 0 Å². The molecule has 0 atom stereocenters. The van der Waals surface area contributed by atoms with Crippen molar-refractivity contribution in [1.29, 1.82) is 0 Å². The molecule has 12 heteroatoms. The molecule has 0 aliphatic rings. The van der Waals surface area contributed by atoms with Crippen LogP contribution in [-0.4, -0.2) is 28.6 Å². The molecule has 0 aliphatic heterocycles. The van der Waals surface area contributed by atoms with Crippen molar-refractivity contribution in [2.75, 3.05) is 5.32 Å². The molecule has 0 unspecified atom stereocenters. The summed E-state index contributed by atoms with van der Waals surface area (Å²) >= 11 is 0. The van der Waals surface area contributed by atoms with Gasteiger partial charge in [0.15, 0.2) is 0 Å². The lowest BCUT2D eigenvalue weighted by Crippen LogP contribution is -2.23. The summed E-state index contributed by atoms with van der Waals surface area (Å²) in [7, 11) is -3.96. The molecule has 0 fully saturated rings. The van der Waals surface area contributed by atoms with Gasteiger partial charge in [-0.3, -0.25) is 14.8 Å². The van der Waals surface area contributed by atoms with Crippen molar-refractivity contribution in [3.05, 3.63) is 45.8 Å². The largest absolute Gasteiger partial charge is 0.501 e. The van der Waals surface area contributed by atoms with E-state index in [0.717, 1.165) is 17.3 Å². The number of rotatable bonds is 6. The summed E-state index contributed by atoms with van der Waals surface area (Å²) in [5.74, 6) is 0. The molecule has 0 bridgehead atoms. The van der Waals surface area contributed by atoms with Gasteiger partial charge in [0.1, 0.15) is 5.69 Å². The molecule has 0 saturated heterocycles. The molecule has 142 valence electrons. The summed E-state index contributed by atoms with van der Waals surface area (Å²) in [6.07, 6.45) is 2.34. The van der Waals surface area contributed by atoms with Crippen molar-refractivity contribution >= 4 is 21.2 Å². The third kappa shape index (κ3) is 3.79. The normalized spacial score (nSPS) is 12.2. The number of halogens is 3. The monoisotopic (exact) mass is 392 g/mol. The van der Waals surface area contributed by atoms with E-state index in [1.807, 2.05) is 6.92 Å². The molecule has 0 spiro atoms. The number of hydrogen-bond donors (Lipinski definition) is 1. The Morgan fingerprint density at radius 1 is 1.35 bits per heavy atom. The molecule has 8 nitrogen and oxygen atoms in total. The zero-order chi connectivity index (χ0) is 19.7. The molecule has 1 aromatic carbocycles. The predicted octanol–water partition coefficient (Wildman–Crippen LogP) is 2.80. The minimum atomic E-state index is -5.67. The Kier molecular flexibility index (Phi) is 5.26. The standard InChI is InChI=1S/C14H15F3N4O4S/c1-3-11-9(8-20(2)19-11)7-18-12-5-4-10(6-13(12)21(22)23)26(24,25)14(15,16)17/h4-6,8,18H,3,7H2,1-2H3. The van der Waals surface area contributed by atoms with Gasteiger partial charge in [0.05, 0.1) is 15.5 Å². The molecule has 2 rings (SSSR count). The SMILES string of the molecule is CCc1nn(C)cc1CNc1ccc(S(=O)(=O)C(F)(F)F)cc1[N+](=O)[O-]. The Morgan fingerprint density at radius 3 is 2.54 bits per heavy atom. The summed E-state index contributed by atoms with van der Waals surface area (Å²) in [6, 6.07) is 2.02. The second kappa shape index (κ2) is 6.94. The average Bonchev–Trinajstić information content (AvgIpc) is 2.91. The first-order valence-electron chi connectivity index (χ1n) is 7.32. The van der Waals surface area contributed by atoms with Gasteiger partial charge in [0.25, 0.3) is 15.5 Å². The molecule has 0 aliphatic carbocycles. The van der Waals surface area contributed by atoms with Gasteiger partial charge in [0.2, 0.25) is 0 Å². The molecular weight excluding hydrogens is 377 g/mol. The molecule has 26 heavy (non-hydrogen) atoms. The van der Waals surface area contributed by atoms with Gasteiger partial charge in [0, 0.05) is 31.4 Å². The fourth-order valence-corrected chi connectivity index (χ4v) is 3.11. The van der Waals surface area contributed by atoms with Gasteiger partial charge in [-0.05, 0) is 18.6 Å². The van der Waals surface area contributed by atoms with Gasteiger partial charge >= 0.3 is 5.51 Å². The molecular formula is C14H15F3N4O4S. The Morgan fingerprint density at radius 2 is 2.00 bits per heavy atom. The number of nitrogens with zero attached hydrogens (tertiary/aromatic N) is 3. The van der Waals surface area contributed by atoms with E-state index in [9.17, 15) is 31.7 Å². The topological polar surface area (TPSA) is 107 Å². The van der Waals surface area contributed by atoms with Crippen LogP contribution in [0.5, 0.6) is 0 Å². The van der Waals surface area contributed by atoms with Crippen LogP contribution in [0.4, 0.5) is 24.5 Å². The summed E-state index contributed by atoms with van der Waals surface area (Å²) in [4.78, 5) is 9.04. The number of benzene rings is 1. The van der Waals surface area contributed by atoms with Crippen molar-refractivity contribution in [1.82, 2.24) is 9.78 Å². The smallest absolute Gasteiger partial charge is 0.375 e. The van der Waals surface area contributed by atoms with Crippen LogP contribution in [-0.2, 0) is 29.9 Å². The highest BCUT2D eigenvalue weighted by Crippen LogP contribution is 2.34. The van der Waals surface area contributed by atoms with Crippen molar-refractivity contribution in [2.24, 2.45) is 7.05 Å². The number of nitro groups is 1. The summed E-state index contributed by atoms with van der Waals surface area (Å²) < 4.78 is 62.3. The Balaban J connectivity index is 2.37. The van der Waals surface area contributed by atoms with Crippen LogP contribution in [0.2, 0.25) is 0 Å². The molecule has 1 N–H and O–H groups in total. The predicted molar refractivity (Wildman–Crippen MR) is 86.2 cm³/mol. The molecule has 0 radical (unpaired) electrons. The number of nitrogens with one attached hydrogen (secondary N) is 1. The molecule has 1 aromatic heterocycles. The fraction of sp³-hybridized carbons (Fsp3) is 0.357. The van der Waals surface area contributed by atoms with Gasteiger partial charge in [-0.25, -0.2) is 8.42 Å². The van der Waals surface area contributed by atoms with Crippen LogP contribution >= 0.6 is 0 Å². The average molecular weight is 392 g/mol. The summed E-state index contributed by atoms with van der Waals surface area (Å²) in [5, 5.41) is 18.1. The number of anilines is 1. The number of sulfone groups is 1. The second-order valence-electron chi connectivity index (χ2n) is 5.37. The van der Waals surface area contributed by atoms with Gasteiger partial charge in [-0.1, -0.05) is 6.92 Å². The number of aryl methyl sites for hydroxylation is 2. The first-order valence-corrected chi connectivity index (χ1v) is 8.80. The minimum absolute atomic E-state index is 0.0953. The van der Waals surface area contributed by atoms with E-state index in [0.29, 0.717) is 18.6 Å². The van der Waals surface area contributed by atoms with Crippen molar-refractivity contribution in [2.45, 2.75) is 30.3 Å². The minimum Gasteiger partial charge on any atom is -0.375 e. The highest BCUT2D eigenvalue weighted by atomic mass is 32.2. The second-order valence-corrected chi connectivity index (χ2v) is 7.31. The van der Waals surface area contributed by atoms with Gasteiger partial charge in [-0.15, -0.1) is 0 Å². The third-order valence-electron chi connectivity index (χ3n) is 3.58. The lowest BCUT2D eigenvalue weighted by atomic mass is 10.2. The van der Waals surface area contributed by atoms with Gasteiger partial charge in [-0.2, -0.15) is 18.3 Å². The first kappa shape index (κ1) is 19.7. The number of nitro benzene ring substituents is 1. The van der Waals surface area contributed by atoms with E-state index in [1.165, 1.54) is 0 Å². The van der Waals surface area contributed by atoms with Crippen LogP contribution in [0.15, 0.2) is 29.3 Å². The lowest BCUT2D eigenvalue weighted by Gasteiger charge is -2.11. The van der Waals surface area contributed by atoms with E-state index in [-0.39, 0.29) is 12.2 Å². The zero-order valence-electron chi connectivity index (χ0n) is 13.7. The van der Waals surface area contributed by atoms with Crippen LogP contribution in [0.1, 0.15) is 18.2 Å². The maximum absolute atomic E-state index is 12.6. The third-order valence-corrected chi connectivity index (χ3v) is 5.06. The molecule has 0 saturated carbocycles. The summed E-state index contributed by atoms with van der Waals surface area (Å²) in [6.45, 7) is 2.02. The van der Waals surface area contributed by atoms with E-state index in [4.69, 9.17) is 0 Å². The Bertz CT molecular complexity index is 938. The van der Waals surface area contributed by atoms with Gasteiger partial charge < -0.3 is 5.32 Å². The number of hydrogen-bond acceptors (Lipinski definition) is 6. The van der Waals surface area contributed by atoms with Crippen molar-refractivity contribution in [3.8, 4) is 0 Å². The van der Waals surface area contributed by atoms with Crippen LogP contribution < -0.4 is 5.32 Å². The number of alkyl halides is 3. The van der Waals surface area contributed by atoms with E-state index in [2.05, 4.69) is 10.4 Å². The maximum atomic E-state index is 12.6. The highest BCUT2D eigenvalue weighted by molar-refractivity contribution is 7.92. The van der Waals surface area contributed by atoms with Crippen molar-refractivity contribution in [3.63, 3.8) is 0 Å².